The maximum Gasteiger partial charge on any atom is 0.0974 e. The lowest BCUT2D eigenvalue weighted by Crippen LogP contribution is -2.59. The monoisotopic (exact) mass is 237 g/mol. The first kappa shape index (κ1) is 12.5. The van der Waals surface area contributed by atoms with Crippen molar-refractivity contribution in [1.82, 2.24) is 5.32 Å². The van der Waals surface area contributed by atoms with E-state index in [0.29, 0.717) is 6.42 Å². The molecule has 1 saturated heterocycles. The minimum Gasteiger partial charge on any atom is -0.395 e. The molecule has 0 saturated carbocycles. The van der Waals surface area contributed by atoms with E-state index in [4.69, 9.17) is 5.11 Å². The standard InChI is InChI=1S/C13H19NO3/c15-8-11-13(17)12(16)7-10(14-11)6-9-4-2-1-3-5-9/h1-5,10-17H,6-8H2/t10?,11-,12-,13-/m1/s1. The highest BCUT2D eigenvalue weighted by Gasteiger charge is 2.34. The van der Waals surface area contributed by atoms with Gasteiger partial charge in [-0.2, -0.15) is 0 Å². The minimum absolute atomic E-state index is 0.0907. The normalized spacial score (nSPS) is 33.6. The molecule has 0 aliphatic carbocycles. The van der Waals surface area contributed by atoms with E-state index in [-0.39, 0.29) is 12.6 Å². The van der Waals surface area contributed by atoms with Crippen LogP contribution in [0.1, 0.15) is 12.0 Å². The fraction of sp³-hybridized carbons (Fsp3) is 0.538. The zero-order valence-corrected chi connectivity index (χ0v) is 9.66. The number of aliphatic hydroxyl groups excluding tert-OH is 3. The number of hydrogen-bond acceptors (Lipinski definition) is 4. The summed E-state index contributed by atoms with van der Waals surface area (Å²) in [7, 11) is 0. The lowest BCUT2D eigenvalue weighted by atomic mass is 9.90. The second-order valence-electron chi connectivity index (χ2n) is 4.64. The molecule has 0 spiro atoms. The fourth-order valence-electron chi connectivity index (χ4n) is 2.37. The van der Waals surface area contributed by atoms with Crippen LogP contribution in [0, 0.1) is 0 Å². The Bertz CT molecular complexity index is 344. The van der Waals surface area contributed by atoms with Crippen molar-refractivity contribution in [2.24, 2.45) is 0 Å². The Morgan fingerprint density at radius 2 is 1.88 bits per heavy atom. The zero-order chi connectivity index (χ0) is 12.3. The SMILES string of the molecule is OC[C@H]1NC(Cc2ccccc2)C[C@@H](O)[C@@H]1O. The van der Waals surface area contributed by atoms with E-state index in [9.17, 15) is 10.2 Å². The molecule has 4 heteroatoms. The van der Waals surface area contributed by atoms with Crippen LogP contribution in [0.15, 0.2) is 30.3 Å². The molecule has 1 aliphatic heterocycles. The molecular formula is C13H19NO3. The number of nitrogens with one attached hydrogen (secondary N) is 1. The highest BCUT2D eigenvalue weighted by molar-refractivity contribution is 5.16. The van der Waals surface area contributed by atoms with E-state index in [0.717, 1.165) is 6.42 Å². The van der Waals surface area contributed by atoms with Gasteiger partial charge in [0.1, 0.15) is 0 Å². The van der Waals surface area contributed by atoms with Crippen LogP contribution in [0.4, 0.5) is 0 Å². The molecule has 1 aromatic carbocycles. The van der Waals surface area contributed by atoms with Gasteiger partial charge < -0.3 is 20.6 Å². The average Bonchev–Trinajstić information content (AvgIpc) is 2.35. The summed E-state index contributed by atoms with van der Waals surface area (Å²) in [5.74, 6) is 0. The van der Waals surface area contributed by atoms with Gasteiger partial charge in [0.05, 0.1) is 24.9 Å². The first-order valence-electron chi connectivity index (χ1n) is 5.97. The third-order valence-corrected chi connectivity index (χ3v) is 3.30. The molecule has 0 amide bonds. The molecule has 1 unspecified atom stereocenters. The maximum absolute atomic E-state index is 9.73. The summed E-state index contributed by atoms with van der Waals surface area (Å²) >= 11 is 0. The van der Waals surface area contributed by atoms with Crippen LogP contribution in [0.5, 0.6) is 0 Å². The molecule has 2 rings (SSSR count). The van der Waals surface area contributed by atoms with Crippen LogP contribution in [-0.2, 0) is 6.42 Å². The Balaban J connectivity index is 1.98. The molecule has 0 aromatic heterocycles. The molecular weight excluding hydrogens is 218 g/mol. The Kier molecular flexibility index (Phi) is 4.12. The first-order chi connectivity index (χ1) is 8.20. The summed E-state index contributed by atoms with van der Waals surface area (Å²) in [6.07, 6.45) is -0.345. The van der Waals surface area contributed by atoms with Gasteiger partial charge in [-0.1, -0.05) is 30.3 Å². The third kappa shape index (κ3) is 3.04. The topological polar surface area (TPSA) is 72.7 Å². The summed E-state index contributed by atoms with van der Waals surface area (Å²) in [4.78, 5) is 0. The van der Waals surface area contributed by atoms with Gasteiger partial charge in [0, 0.05) is 6.04 Å². The van der Waals surface area contributed by atoms with E-state index < -0.39 is 18.2 Å². The molecule has 0 bridgehead atoms. The van der Waals surface area contributed by atoms with Crippen molar-refractivity contribution >= 4 is 0 Å². The van der Waals surface area contributed by atoms with Crippen LogP contribution >= 0.6 is 0 Å². The van der Waals surface area contributed by atoms with Crippen molar-refractivity contribution in [1.29, 1.82) is 0 Å². The first-order valence-corrected chi connectivity index (χ1v) is 5.97. The largest absolute Gasteiger partial charge is 0.395 e. The van der Waals surface area contributed by atoms with E-state index in [1.807, 2.05) is 30.3 Å². The summed E-state index contributed by atoms with van der Waals surface area (Å²) in [5.41, 5.74) is 1.19. The minimum atomic E-state index is -0.882. The molecule has 1 aliphatic rings. The molecule has 4 N–H and O–H groups in total. The summed E-state index contributed by atoms with van der Waals surface area (Å²) in [6, 6.07) is 9.65. The number of hydrogen-bond donors (Lipinski definition) is 4. The molecule has 4 nitrogen and oxygen atoms in total. The Morgan fingerprint density at radius 3 is 2.53 bits per heavy atom. The molecule has 94 valence electrons. The van der Waals surface area contributed by atoms with Gasteiger partial charge in [0.15, 0.2) is 0 Å². The van der Waals surface area contributed by atoms with E-state index in [1.54, 1.807) is 0 Å². The van der Waals surface area contributed by atoms with E-state index >= 15 is 0 Å². The van der Waals surface area contributed by atoms with Gasteiger partial charge in [-0.05, 0) is 18.4 Å². The van der Waals surface area contributed by atoms with Gasteiger partial charge in [-0.15, -0.1) is 0 Å². The number of rotatable bonds is 3. The lowest BCUT2D eigenvalue weighted by Gasteiger charge is -2.37. The molecule has 1 heterocycles. The van der Waals surface area contributed by atoms with E-state index in [2.05, 4.69) is 5.32 Å². The molecule has 1 aromatic rings. The van der Waals surface area contributed by atoms with Crippen LogP contribution < -0.4 is 5.32 Å². The van der Waals surface area contributed by atoms with Crippen molar-refractivity contribution in [2.75, 3.05) is 6.61 Å². The average molecular weight is 237 g/mol. The highest BCUT2D eigenvalue weighted by Crippen LogP contribution is 2.17. The van der Waals surface area contributed by atoms with Crippen molar-refractivity contribution in [2.45, 2.75) is 37.1 Å². The van der Waals surface area contributed by atoms with Crippen LogP contribution in [0.3, 0.4) is 0 Å². The van der Waals surface area contributed by atoms with Crippen molar-refractivity contribution in [3.63, 3.8) is 0 Å². The number of piperidine rings is 1. The quantitative estimate of drug-likeness (QED) is 0.581. The Hall–Kier alpha value is -0.940. The van der Waals surface area contributed by atoms with Crippen LogP contribution in [0.2, 0.25) is 0 Å². The van der Waals surface area contributed by atoms with Gasteiger partial charge in [-0.25, -0.2) is 0 Å². The number of aliphatic hydroxyl groups is 3. The lowest BCUT2D eigenvalue weighted by molar-refractivity contribution is -0.0508. The molecule has 0 radical (unpaired) electrons. The third-order valence-electron chi connectivity index (χ3n) is 3.30. The smallest absolute Gasteiger partial charge is 0.0974 e. The Labute approximate surface area is 101 Å². The summed E-state index contributed by atoms with van der Waals surface area (Å²) < 4.78 is 0. The van der Waals surface area contributed by atoms with Crippen molar-refractivity contribution in [3.05, 3.63) is 35.9 Å². The molecule has 17 heavy (non-hydrogen) atoms. The van der Waals surface area contributed by atoms with E-state index in [1.165, 1.54) is 5.56 Å². The van der Waals surface area contributed by atoms with Crippen LogP contribution in [0.25, 0.3) is 0 Å². The zero-order valence-electron chi connectivity index (χ0n) is 9.66. The second-order valence-corrected chi connectivity index (χ2v) is 4.64. The van der Waals surface area contributed by atoms with Crippen LogP contribution in [-0.4, -0.2) is 46.2 Å². The number of benzene rings is 1. The van der Waals surface area contributed by atoms with Crippen molar-refractivity contribution in [3.8, 4) is 0 Å². The predicted molar refractivity (Wildman–Crippen MR) is 64.6 cm³/mol. The Morgan fingerprint density at radius 1 is 1.18 bits per heavy atom. The molecule has 1 fully saturated rings. The maximum atomic E-state index is 9.73. The van der Waals surface area contributed by atoms with Gasteiger partial charge in [0.25, 0.3) is 0 Å². The highest BCUT2D eigenvalue weighted by atomic mass is 16.3. The van der Waals surface area contributed by atoms with Crippen molar-refractivity contribution < 1.29 is 15.3 Å². The van der Waals surface area contributed by atoms with Gasteiger partial charge in [0.2, 0.25) is 0 Å². The predicted octanol–water partition coefficient (Wildman–Crippen LogP) is -0.326. The summed E-state index contributed by atoms with van der Waals surface area (Å²) in [5, 5.41) is 31.7. The summed E-state index contributed by atoms with van der Waals surface area (Å²) in [6.45, 7) is -0.163. The van der Waals surface area contributed by atoms with Gasteiger partial charge >= 0.3 is 0 Å². The van der Waals surface area contributed by atoms with Gasteiger partial charge in [-0.3, -0.25) is 0 Å². The fourth-order valence-corrected chi connectivity index (χ4v) is 2.37. The second kappa shape index (κ2) is 5.60. The molecule has 4 atom stereocenters.